The predicted molar refractivity (Wildman–Crippen MR) is 81.1 cm³/mol. The molecule has 1 N–H and O–H groups in total. The van der Waals surface area contributed by atoms with Gasteiger partial charge in [-0.1, -0.05) is 13.8 Å². The number of rotatable bonds is 5. The lowest BCUT2D eigenvalue weighted by Crippen LogP contribution is -2.48. The lowest BCUT2D eigenvalue weighted by molar-refractivity contribution is 0.0299. The summed E-state index contributed by atoms with van der Waals surface area (Å²) >= 11 is 1.82. The maximum atomic E-state index is 5.76. The average molecular weight is 283 g/mol. The molecule has 0 bridgehead atoms. The van der Waals surface area contributed by atoms with Crippen LogP contribution in [-0.4, -0.2) is 36.8 Å². The zero-order valence-corrected chi connectivity index (χ0v) is 13.2. The van der Waals surface area contributed by atoms with Gasteiger partial charge in [0.15, 0.2) is 5.13 Å². The van der Waals surface area contributed by atoms with Crippen LogP contribution in [0.3, 0.4) is 0 Å². The molecule has 1 aromatic heterocycles. The van der Waals surface area contributed by atoms with E-state index >= 15 is 0 Å². The van der Waals surface area contributed by atoms with Gasteiger partial charge in [-0.15, -0.1) is 11.3 Å². The normalized spacial score (nSPS) is 23.9. The molecule has 1 aromatic rings. The minimum atomic E-state index is 0.296. The molecule has 0 amide bonds. The number of morpholine rings is 1. The van der Waals surface area contributed by atoms with E-state index in [4.69, 9.17) is 9.72 Å². The molecule has 19 heavy (non-hydrogen) atoms. The highest BCUT2D eigenvalue weighted by atomic mass is 32.1. The summed E-state index contributed by atoms with van der Waals surface area (Å²) < 4.78 is 5.76. The Balaban J connectivity index is 2.14. The SMILES string of the molecule is CCNCc1sc(N2CC(C)OCC2CC)nc1C. The summed E-state index contributed by atoms with van der Waals surface area (Å²) in [5, 5.41) is 4.54. The van der Waals surface area contributed by atoms with Crippen molar-refractivity contribution < 1.29 is 4.74 Å². The van der Waals surface area contributed by atoms with Gasteiger partial charge in [0.2, 0.25) is 0 Å². The lowest BCUT2D eigenvalue weighted by atomic mass is 10.1. The molecule has 108 valence electrons. The molecular weight excluding hydrogens is 258 g/mol. The van der Waals surface area contributed by atoms with Crippen LogP contribution < -0.4 is 10.2 Å². The van der Waals surface area contributed by atoms with Gasteiger partial charge < -0.3 is 15.0 Å². The number of ether oxygens (including phenoxy) is 1. The lowest BCUT2D eigenvalue weighted by Gasteiger charge is -2.38. The van der Waals surface area contributed by atoms with E-state index in [1.807, 2.05) is 11.3 Å². The molecule has 0 aliphatic carbocycles. The highest BCUT2D eigenvalue weighted by Crippen LogP contribution is 2.30. The van der Waals surface area contributed by atoms with E-state index in [-0.39, 0.29) is 0 Å². The third-order valence-corrected chi connectivity index (χ3v) is 4.80. The van der Waals surface area contributed by atoms with Crippen LogP contribution in [0.5, 0.6) is 0 Å². The number of hydrogen-bond donors (Lipinski definition) is 1. The summed E-state index contributed by atoms with van der Waals surface area (Å²) in [5.74, 6) is 0. The Morgan fingerprint density at radius 1 is 1.47 bits per heavy atom. The van der Waals surface area contributed by atoms with Crippen LogP contribution in [-0.2, 0) is 11.3 Å². The summed E-state index contributed by atoms with van der Waals surface area (Å²) in [4.78, 5) is 8.55. The second-order valence-electron chi connectivity index (χ2n) is 5.14. The van der Waals surface area contributed by atoms with Gasteiger partial charge in [0.05, 0.1) is 24.4 Å². The molecule has 0 saturated carbocycles. The van der Waals surface area contributed by atoms with Crippen LogP contribution in [0.4, 0.5) is 5.13 Å². The number of aryl methyl sites for hydroxylation is 1. The standard InChI is InChI=1S/C14H25N3OS/c1-5-12-9-18-10(3)8-17(12)14-16-11(4)13(19-14)7-15-6-2/h10,12,15H,5-9H2,1-4H3. The first-order valence-corrected chi connectivity index (χ1v) is 8.02. The van der Waals surface area contributed by atoms with E-state index in [0.717, 1.165) is 43.5 Å². The fourth-order valence-electron chi connectivity index (χ4n) is 2.35. The fraction of sp³-hybridized carbons (Fsp3) is 0.786. The largest absolute Gasteiger partial charge is 0.375 e. The zero-order chi connectivity index (χ0) is 13.8. The molecular formula is C14H25N3OS. The maximum Gasteiger partial charge on any atom is 0.186 e. The summed E-state index contributed by atoms with van der Waals surface area (Å²) in [5.41, 5.74) is 1.16. The number of anilines is 1. The van der Waals surface area contributed by atoms with Crippen molar-refractivity contribution in [3.05, 3.63) is 10.6 Å². The van der Waals surface area contributed by atoms with Crippen molar-refractivity contribution in [2.24, 2.45) is 0 Å². The van der Waals surface area contributed by atoms with Crippen LogP contribution in [0, 0.1) is 6.92 Å². The van der Waals surface area contributed by atoms with Gasteiger partial charge in [0.1, 0.15) is 0 Å². The topological polar surface area (TPSA) is 37.4 Å². The van der Waals surface area contributed by atoms with Crippen LogP contribution in [0.2, 0.25) is 0 Å². The number of nitrogens with one attached hydrogen (secondary N) is 1. The summed E-state index contributed by atoms with van der Waals surface area (Å²) in [7, 11) is 0. The van der Waals surface area contributed by atoms with Crippen molar-refractivity contribution in [2.75, 3.05) is 24.6 Å². The van der Waals surface area contributed by atoms with E-state index in [1.165, 1.54) is 4.88 Å². The molecule has 0 radical (unpaired) electrons. The second-order valence-corrected chi connectivity index (χ2v) is 6.21. The van der Waals surface area contributed by atoms with Gasteiger partial charge in [-0.2, -0.15) is 0 Å². The minimum absolute atomic E-state index is 0.296. The molecule has 2 atom stereocenters. The van der Waals surface area contributed by atoms with E-state index in [0.29, 0.717) is 12.1 Å². The van der Waals surface area contributed by atoms with Gasteiger partial charge in [-0.3, -0.25) is 0 Å². The van der Waals surface area contributed by atoms with Gasteiger partial charge in [-0.25, -0.2) is 4.98 Å². The van der Waals surface area contributed by atoms with Crippen molar-refractivity contribution in [3.8, 4) is 0 Å². The van der Waals surface area contributed by atoms with E-state index in [9.17, 15) is 0 Å². The van der Waals surface area contributed by atoms with Crippen molar-refractivity contribution >= 4 is 16.5 Å². The Morgan fingerprint density at radius 3 is 2.95 bits per heavy atom. The van der Waals surface area contributed by atoms with Crippen LogP contribution in [0.15, 0.2) is 0 Å². The minimum Gasteiger partial charge on any atom is -0.375 e. The Hall–Kier alpha value is -0.650. The Labute approximate surface area is 120 Å². The van der Waals surface area contributed by atoms with E-state index in [2.05, 4.69) is 37.9 Å². The fourth-order valence-corrected chi connectivity index (χ4v) is 3.47. The number of thiazole rings is 1. The molecule has 1 aliphatic heterocycles. The van der Waals surface area contributed by atoms with Crippen LogP contribution in [0.1, 0.15) is 37.8 Å². The van der Waals surface area contributed by atoms with Gasteiger partial charge in [0, 0.05) is 18.0 Å². The van der Waals surface area contributed by atoms with E-state index in [1.54, 1.807) is 0 Å². The monoisotopic (exact) mass is 283 g/mol. The molecule has 4 nitrogen and oxygen atoms in total. The Kier molecular flexibility index (Phi) is 5.19. The molecule has 0 aromatic carbocycles. The van der Waals surface area contributed by atoms with Crippen LogP contribution >= 0.6 is 11.3 Å². The molecule has 1 saturated heterocycles. The molecule has 0 spiro atoms. The van der Waals surface area contributed by atoms with Crippen molar-refractivity contribution in [3.63, 3.8) is 0 Å². The highest BCUT2D eigenvalue weighted by Gasteiger charge is 2.28. The summed E-state index contributed by atoms with van der Waals surface area (Å²) in [6.45, 7) is 12.3. The number of hydrogen-bond acceptors (Lipinski definition) is 5. The smallest absolute Gasteiger partial charge is 0.186 e. The molecule has 2 unspecified atom stereocenters. The highest BCUT2D eigenvalue weighted by molar-refractivity contribution is 7.15. The number of aromatic nitrogens is 1. The molecule has 5 heteroatoms. The number of nitrogens with zero attached hydrogens (tertiary/aromatic N) is 2. The second kappa shape index (κ2) is 6.68. The van der Waals surface area contributed by atoms with Crippen molar-refractivity contribution in [1.29, 1.82) is 0 Å². The quantitative estimate of drug-likeness (QED) is 0.901. The van der Waals surface area contributed by atoms with Gasteiger partial charge in [-0.05, 0) is 26.8 Å². The van der Waals surface area contributed by atoms with Crippen molar-refractivity contribution in [1.82, 2.24) is 10.3 Å². The van der Waals surface area contributed by atoms with E-state index < -0.39 is 0 Å². The van der Waals surface area contributed by atoms with Gasteiger partial charge in [0.25, 0.3) is 0 Å². The molecule has 2 heterocycles. The third-order valence-electron chi connectivity index (χ3n) is 3.60. The van der Waals surface area contributed by atoms with Crippen molar-refractivity contribution in [2.45, 2.75) is 52.8 Å². The molecule has 2 rings (SSSR count). The summed E-state index contributed by atoms with van der Waals surface area (Å²) in [6, 6.07) is 0.466. The summed E-state index contributed by atoms with van der Waals surface area (Å²) in [6.07, 6.45) is 1.40. The first-order valence-electron chi connectivity index (χ1n) is 7.20. The first-order chi connectivity index (χ1) is 9.15. The third kappa shape index (κ3) is 3.46. The zero-order valence-electron chi connectivity index (χ0n) is 12.4. The Bertz CT molecular complexity index is 407. The maximum absolute atomic E-state index is 5.76. The molecule has 1 fully saturated rings. The first kappa shape index (κ1) is 14.8. The Morgan fingerprint density at radius 2 is 2.26 bits per heavy atom. The predicted octanol–water partition coefficient (Wildman–Crippen LogP) is 2.56. The van der Waals surface area contributed by atoms with Gasteiger partial charge >= 0.3 is 0 Å². The van der Waals surface area contributed by atoms with Crippen LogP contribution in [0.25, 0.3) is 0 Å². The average Bonchev–Trinajstić information content (AvgIpc) is 2.77. The molecule has 1 aliphatic rings.